The first-order chi connectivity index (χ1) is 16.6. The van der Waals surface area contributed by atoms with E-state index in [4.69, 9.17) is 9.47 Å². The van der Waals surface area contributed by atoms with E-state index in [1.807, 2.05) is 57.2 Å². The number of hydrogen-bond acceptors (Lipinski definition) is 5. The summed E-state index contributed by atoms with van der Waals surface area (Å²) >= 11 is 0. The van der Waals surface area contributed by atoms with E-state index in [1.165, 1.54) is 4.90 Å². The molecule has 2 aromatic rings. The molecule has 0 spiro atoms. The van der Waals surface area contributed by atoms with E-state index in [0.717, 1.165) is 22.3 Å². The van der Waals surface area contributed by atoms with Gasteiger partial charge in [0.05, 0.1) is 6.04 Å². The molecule has 1 saturated heterocycles. The van der Waals surface area contributed by atoms with Crippen LogP contribution in [0.3, 0.4) is 0 Å². The number of aliphatic carboxylic acids is 1. The number of carboxylic acid groups (broad SMARTS) is 1. The maximum Gasteiger partial charge on any atom is 0.407 e. The Balaban J connectivity index is 1.40. The molecule has 1 heterocycles. The summed E-state index contributed by atoms with van der Waals surface area (Å²) in [7, 11) is 0. The molecule has 8 heteroatoms. The standard InChI is InChI=1S/C27H32N2O6/c1-27(2,3)16-29(14-23(30)31)25(32)24-22(12-13-34-24)28-26(33)35-15-21-19-10-6-4-8-17(19)18-9-5-7-11-20(18)21/h4-11,21-22,24H,12-16H2,1-3H3,(H,28,33)(H,30,31). The second-order valence-electron chi connectivity index (χ2n) is 10.3. The van der Waals surface area contributed by atoms with Gasteiger partial charge in [0.1, 0.15) is 13.2 Å². The zero-order valence-corrected chi connectivity index (χ0v) is 20.3. The summed E-state index contributed by atoms with van der Waals surface area (Å²) < 4.78 is 11.2. The molecule has 1 aliphatic carbocycles. The third-order valence-corrected chi connectivity index (χ3v) is 6.29. The number of rotatable bonds is 7. The van der Waals surface area contributed by atoms with E-state index in [-0.39, 0.29) is 24.5 Å². The number of amides is 2. The van der Waals surface area contributed by atoms with Crippen LogP contribution in [0.5, 0.6) is 0 Å². The Morgan fingerprint density at radius 2 is 1.66 bits per heavy atom. The van der Waals surface area contributed by atoms with Crippen LogP contribution < -0.4 is 5.32 Å². The first-order valence-corrected chi connectivity index (χ1v) is 11.9. The Kier molecular flexibility index (Phi) is 7.12. The Morgan fingerprint density at radius 3 is 2.23 bits per heavy atom. The van der Waals surface area contributed by atoms with Gasteiger partial charge in [-0.25, -0.2) is 4.79 Å². The van der Waals surface area contributed by atoms with Gasteiger partial charge in [0.2, 0.25) is 0 Å². The van der Waals surface area contributed by atoms with Crippen molar-refractivity contribution in [1.29, 1.82) is 0 Å². The van der Waals surface area contributed by atoms with Gasteiger partial charge in [0, 0.05) is 19.1 Å². The molecule has 2 atom stereocenters. The van der Waals surface area contributed by atoms with E-state index in [9.17, 15) is 19.5 Å². The molecule has 2 N–H and O–H groups in total. The van der Waals surface area contributed by atoms with Crippen molar-refractivity contribution in [3.8, 4) is 11.1 Å². The number of carbonyl (C=O) groups excluding carboxylic acids is 2. The van der Waals surface area contributed by atoms with E-state index >= 15 is 0 Å². The second kappa shape index (κ2) is 10.1. The number of ether oxygens (including phenoxy) is 2. The highest BCUT2D eigenvalue weighted by Gasteiger charge is 2.39. The molecule has 2 amide bonds. The number of hydrogen-bond donors (Lipinski definition) is 2. The first-order valence-electron chi connectivity index (χ1n) is 11.9. The molecule has 2 unspecified atom stereocenters. The maximum atomic E-state index is 13.1. The van der Waals surface area contributed by atoms with Crippen molar-refractivity contribution in [2.24, 2.45) is 5.41 Å². The lowest BCUT2D eigenvalue weighted by Crippen LogP contribution is -2.52. The van der Waals surface area contributed by atoms with Crippen molar-refractivity contribution in [2.75, 3.05) is 26.3 Å². The number of fused-ring (bicyclic) bond motifs is 3. The van der Waals surface area contributed by atoms with Crippen LogP contribution in [-0.4, -0.2) is 66.4 Å². The van der Waals surface area contributed by atoms with Crippen molar-refractivity contribution >= 4 is 18.0 Å². The highest BCUT2D eigenvalue weighted by atomic mass is 16.6. The van der Waals surface area contributed by atoms with Gasteiger partial charge < -0.3 is 24.8 Å². The lowest BCUT2D eigenvalue weighted by molar-refractivity contribution is -0.150. The van der Waals surface area contributed by atoms with Crippen molar-refractivity contribution in [3.05, 3.63) is 59.7 Å². The molecule has 0 saturated carbocycles. The van der Waals surface area contributed by atoms with Gasteiger partial charge >= 0.3 is 12.1 Å². The summed E-state index contributed by atoms with van der Waals surface area (Å²) in [5, 5.41) is 12.0. The fourth-order valence-corrected chi connectivity index (χ4v) is 4.90. The van der Waals surface area contributed by atoms with Gasteiger partial charge in [0.25, 0.3) is 5.91 Å². The van der Waals surface area contributed by atoms with Gasteiger partial charge in [-0.2, -0.15) is 0 Å². The van der Waals surface area contributed by atoms with Crippen LogP contribution in [0.1, 0.15) is 44.2 Å². The Labute approximate surface area is 205 Å². The van der Waals surface area contributed by atoms with Gasteiger partial charge in [0.15, 0.2) is 6.10 Å². The highest BCUT2D eigenvalue weighted by molar-refractivity contribution is 5.86. The molecule has 4 rings (SSSR count). The van der Waals surface area contributed by atoms with Crippen LogP contribution in [0, 0.1) is 5.41 Å². The summed E-state index contributed by atoms with van der Waals surface area (Å²) in [6.07, 6.45) is -1.13. The fraction of sp³-hybridized carbons (Fsp3) is 0.444. The average Bonchev–Trinajstić information content (AvgIpc) is 3.38. The second-order valence-corrected chi connectivity index (χ2v) is 10.3. The molecule has 2 aliphatic rings. The first kappa shape index (κ1) is 24.7. The quantitative estimate of drug-likeness (QED) is 0.627. The number of benzene rings is 2. The van der Waals surface area contributed by atoms with E-state index < -0.39 is 36.7 Å². The number of carbonyl (C=O) groups is 3. The molecule has 8 nitrogen and oxygen atoms in total. The molecule has 1 aliphatic heterocycles. The van der Waals surface area contributed by atoms with E-state index in [0.29, 0.717) is 13.0 Å². The number of carboxylic acids is 1. The smallest absolute Gasteiger partial charge is 0.407 e. The summed E-state index contributed by atoms with van der Waals surface area (Å²) in [4.78, 5) is 38.5. The molecular formula is C27H32N2O6. The average molecular weight is 481 g/mol. The monoisotopic (exact) mass is 480 g/mol. The molecule has 35 heavy (non-hydrogen) atoms. The van der Waals surface area contributed by atoms with Crippen LogP contribution in [0.15, 0.2) is 48.5 Å². The van der Waals surface area contributed by atoms with Crippen LogP contribution in [-0.2, 0) is 19.1 Å². The Hall–Kier alpha value is -3.39. The summed E-state index contributed by atoms with van der Waals surface area (Å²) in [6, 6.07) is 15.6. The highest BCUT2D eigenvalue weighted by Crippen LogP contribution is 2.44. The fourth-order valence-electron chi connectivity index (χ4n) is 4.90. The number of nitrogens with one attached hydrogen (secondary N) is 1. The Morgan fingerprint density at radius 1 is 1.06 bits per heavy atom. The van der Waals surface area contributed by atoms with Crippen LogP contribution >= 0.6 is 0 Å². The minimum Gasteiger partial charge on any atom is -0.480 e. The van der Waals surface area contributed by atoms with Gasteiger partial charge in [-0.05, 0) is 34.1 Å². The SMILES string of the molecule is CC(C)(C)CN(CC(=O)O)C(=O)C1OCCC1NC(=O)OCC1c2ccccc2-c2ccccc21. The lowest BCUT2D eigenvalue weighted by Gasteiger charge is -2.31. The zero-order chi connectivity index (χ0) is 25.2. The number of alkyl carbamates (subject to hydrolysis) is 1. The maximum absolute atomic E-state index is 13.1. The predicted molar refractivity (Wildman–Crippen MR) is 130 cm³/mol. The van der Waals surface area contributed by atoms with Crippen molar-refractivity contribution < 1.29 is 29.0 Å². The summed E-state index contributed by atoms with van der Waals surface area (Å²) in [5.74, 6) is -1.60. The minimum absolute atomic E-state index is 0.0664. The largest absolute Gasteiger partial charge is 0.480 e. The van der Waals surface area contributed by atoms with Crippen LogP contribution in [0.2, 0.25) is 0 Å². The Bertz CT molecular complexity index is 1060. The predicted octanol–water partition coefficient (Wildman–Crippen LogP) is 3.64. The summed E-state index contributed by atoms with van der Waals surface area (Å²) in [5.41, 5.74) is 4.23. The van der Waals surface area contributed by atoms with Crippen LogP contribution in [0.25, 0.3) is 11.1 Å². The molecule has 186 valence electrons. The molecule has 2 aromatic carbocycles. The normalized spacial score (nSPS) is 19.1. The van der Waals surface area contributed by atoms with Crippen LogP contribution in [0.4, 0.5) is 4.79 Å². The summed E-state index contributed by atoms with van der Waals surface area (Å²) in [6.45, 7) is 6.08. The van der Waals surface area contributed by atoms with Gasteiger partial charge in [-0.1, -0.05) is 69.3 Å². The minimum atomic E-state index is -1.10. The molecular weight excluding hydrogens is 448 g/mol. The topological polar surface area (TPSA) is 105 Å². The van der Waals surface area contributed by atoms with Gasteiger partial charge in [-0.15, -0.1) is 0 Å². The van der Waals surface area contributed by atoms with Crippen molar-refractivity contribution in [2.45, 2.75) is 45.3 Å². The van der Waals surface area contributed by atoms with E-state index in [2.05, 4.69) is 17.4 Å². The molecule has 1 fully saturated rings. The molecule has 0 aromatic heterocycles. The van der Waals surface area contributed by atoms with Gasteiger partial charge in [-0.3, -0.25) is 9.59 Å². The third-order valence-electron chi connectivity index (χ3n) is 6.29. The third kappa shape index (κ3) is 5.65. The lowest BCUT2D eigenvalue weighted by atomic mass is 9.95. The van der Waals surface area contributed by atoms with Crippen molar-refractivity contribution in [1.82, 2.24) is 10.2 Å². The van der Waals surface area contributed by atoms with E-state index in [1.54, 1.807) is 0 Å². The number of nitrogens with zero attached hydrogens (tertiary/aromatic N) is 1. The molecule has 0 bridgehead atoms. The molecule has 0 radical (unpaired) electrons. The van der Waals surface area contributed by atoms with Crippen molar-refractivity contribution in [3.63, 3.8) is 0 Å². The zero-order valence-electron chi connectivity index (χ0n) is 20.3.